The summed E-state index contributed by atoms with van der Waals surface area (Å²) in [5, 5.41) is 0. The molecule has 2 aromatic carbocycles. The first kappa shape index (κ1) is 11.0. The number of carbonyl (C=O) groups is 1. The maximum atomic E-state index is 10.1. The monoisotopic (exact) mass is 240 g/mol. The average molecular weight is 240 g/mol. The first-order valence-electron chi connectivity index (χ1n) is 5.81. The molecule has 0 unspecified atom stereocenters. The molecule has 0 bridgehead atoms. The molecule has 0 aliphatic heterocycles. The summed E-state index contributed by atoms with van der Waals surface area (Å²) in [7, 11) is 0. The predicted octanol–water partition coefficient (Wildman–Crippen LogP) is 2.86. The van der Waals surface area contributed by atoms with Gasteiger partial charge in [0.05, 0.1) is 0 Å². The highest BCUT2D eigenvalue weighted by atomic mass is 17.2. The van der Waals surface area contributed by atoms with Crippen molar-refractivity contribution in [2.24, 2.45) is 0 Å². The molecule has 1 aliphatic rings. The molecule has 3 nitrogen and oxygen atoms in total. The minimum absolute atomic E-state index is 0.288. The van der Waals surface area contributed by atoms with Crippen LogP contribution in [0, 0.1) is 0 Å². The van der Waals surface area contributed by atoms with E-state index in [4.69, 9.17) is 4.89 Å². The van der Waals surface area contributed by atoms with Crippen molar-refractivity contribution < 1.29 is 14.6 Å². The fraction of sp³-hybridized carbons (Fsp3) is 0.133. The van der Waals surface area contributed by atoms with E-state index in [0.717, 1.165) is 12.0 Å². The Morgan fingerprint density at radius 3 is 2.78 bits per heavy atom. The van der Waals surface area contributed by atoms with Crippen molar-refractivity contribution in [3.05, 3.63) is 59.2 Å². The number of hydrogen-bond acceptors (Lipinski definition) is 3. The van der Waals surface area contributed by atoms with Gasteiger partial charge in [0.2, 0.25) is 0 Å². The fourth-order valence-electron chi connectivity index (χ4n) is 2.48. The lowest BCUT2D eigenvalue weighted by atomic mass is 10.0. The maximum Gasteiger partial charge on any atom is 0.330 e. The second-order valence-electron chi connectivity index (χ2n) is 4.23. The van der Waals surface area contributed by atoms with E-state index in [-0.39, 0.29) is 13.1 Å². The van der Waals surface area contributed by atoms with E-state index in [0.29, 0.717) is 0 Å². The molecule has 2 aromatic rings. The van der Waals surface area contributed by atoms with Crippen LogP contribution in [0.25, 0.3) is 11.1 Å². The Morgan fingerprint density at radius 2 is 1.89 bits per heavy atom. The van der Waals surface area contributed by atoms with E-state index in [2.05, 4.69) is 29.2 Å². The van der Waals surface area contributed by atoms with E-state index in [1.165, 1.54) is 22.3 Å². The molecule has 0 aromatic heterocycles. The second kappa shape index (κ2) is 4.63. The molecule has 0 spiro atoms. The Balaban J connectivity index is 1.95. The zero-order valence-electron chi connectivity index (χ0n) is 9.76. The van der Waals surface area contributed by atoms with Gasteiger partial charge in [-0.15, -0.1) is 0 Å². The van der Waals surface area contributed by atoms with Crippen molar-refractivity contribution in [1.82, 2.24) is 0 Å². The van der Waals surface area contributed by atoms with Crippen molar-refractivity contribution in [3.8, 4) is 11.1 Å². The molecule has 0 saturated heterocycles. The van der Waals surface area contributed by atoms with Crippen LogP contribution < -0.4 is 0 Å². The van der Waals surface area contributed by atoms with Crippen molar-refractivity contribution in [2.45, 2.75) is 13.0 Å². The van der Waals surface area contributed by atoms with Gasteiger partial charge in [0.15, 0.2) is 0 Å². The molecule has 90 valence electrons. The third-order valence-corrected chi connectivity index (χ3v) is 3.27. The van der Waals surface area contributed by atoms with Crippen LogP contribution in [-0.4, -0.2) is 6.47 Å². The fourth-order valence-corrected chi connectivity index (χ4v) is 2.48. The van der Waals surface area contributed by atoms with Crippen LogP contribution in [0.5, 0.6) is 0 Å². The van der Waals surface area contributed by atoms with Gasteiger partial charge < -0.3 is 4.89 Å². The van der Waals surface area contributed by atoms with Gasteiger partial charge in [-0.1, -0.05) is 42.5 Å². The number of hydrogen-bond donors (Lipinski definition) is 0. The van der Waals surface area contributed by atoms with Gasteiger partial charge in [-0.2, -0.15) is 4.89 Å². The standard InChI is InChI=1S/C15H12O3/c16-10-18-17-9-12-5-3-7-14-13-6-2-1-4-11(13)8-15(12)14/h1-7,10H,8-9H2. The first-order chi connectivity index (χ1) is 8.90. The molecule has 0 saturated carbocycles. The zero-order chi connectivity index (χ0) is 12.4. The van der Waals surface area contributed by atoms with Gasteiger partial charge in [0.25, 0.3) is 0 Å². The number of fused-ring (bicyclic) bond motifs is 3. The minimum Gasteiger partial charge on any atom is -0.301 e. The molecule has 3 rings (SSSR count). The van der Waals surface area contributed by atoms with Crippen LogP contribution in [-0.2, 0) is 27.6 Å². The first-order valence-corrected chi connectivity index (χ1v) is 5.81. The minimum atomic E-state index is 0.288. The van der Waals surface area contributed by atoms with Crippen molar-refractivity contribution in [3.63, 3.8) is 0 Å². The highest BCUT2D eigenvalue weighted by Crippen LogP contribution is 2.38. The summed E-state index contributed by atoms with van der Waals surface area (Å²) in [6.07, 6.45) is 0.909. The quantitative estimate of drug-likeness (QED) is 0.304. The highest BCUT2D eigenvalue weighted by molar-refractivity contribution is 5.77. The second-order valence-corrected chi connectivity index (χ2v) is 4.23. The Labute approximate surface area is 105 Å². The smallest absolute Gasteiger partial charge is 0.301 e. The van der Waals surface area contributed by atoms with Gasteiger partial charge >= 0.3 is 6.47 Å². The molecule has 0 heterocycles. The highest BCUT2D eigenvalue weighted by Gasteiger charge is 2.20. The molecule has 0 fully saturated rings. The summed E-state index contributed by atoms with van der Waals surface area (Å²) in [5.41, 5.74) is 6.18. The molecular weight excluding hydrogens is 228 g/mol. The van der Waals surface area contributed by atoms with Gasteiger partial charge in [-0.05, 0) is 34.2 Å². The van der Waals surface area contributed by atoms with Gasteiger partial charge in [0, 0.05) is 0 Å². The predicted molar refractivity (Wildman–Crippen MR) is 66.6 cm³/mol. The summed E-state index contributed by atoms with van der Waals surface area (Å²) < 4.78 is 0. The maximum absolute atomic E-state index is 10.1. The molecule has 0 atom stereocenters. The van der Waals surface area contributed by atoms with Gasteiger partial charge in [0.1, 0.15) is 6.61 Å². The van der Waals surface area contributed by atoms with Crippen LogP contribution in [0.1, 0.15) is 16.7 Å². The SMILES string of the molecule is O=COOCc1cccc2c1Cc1ccccc1-2. The molecule has 0 radical (unpaired) electrons. The third-order valence-electron chi connectivity index (χ3n) is 3.27. The summed E-state index contributed by atoms with van der Waals surface area (Å²) >= 11 is 0. The van der Waals surface area contributed by atoms with Crippen LogP contribution >= 0.6 is 0 Å². The summed E-state index contributed by atoms with van der Waals surface area (Å²) in [5.74, 6) is 0. The summed E-state index contributed by atoms with van der Waals surface area (Å²) in [4.78, 5) is 19.2. The van der Waals surface area contributed by atoms with E-state index < -0.39 is 0 Å². The molecule has 1 aliphatic carbocycles. The molecule has 3 heteroatoms. The topological polar surface area (TPSA) is 35.5 Å². The average Bonchev–Trinajstić information content (AvgIpc) is 2.79. The van der Waals surface area contributed by atoms with Crippen LogP contribution in [0.4, 0.5) is 0 Å². The van der Waals surface area contributed by atoms with Crippen molar-refractivity contribution >= 4 is 6.47 Å². The Hall–Kier alpha value is -2.13. The lowest BCUT2D eigenvalue weighted by Crippen LogP contribution is -1.97. The Bertz CT molecular complexity index is 590. The van der Waals surface area contributed by atoms with E-state index in [9.17, 15) is 4.79 Å². The van der Waals surface area contributed by atoms with Crippen LogP contribution in [0.3, 0.4) is 0 Å². The lowest BCUT2D eigenvalue weighted by molar-refractivity contribution is -0.266. The molecule has 0 amide bonds. The lowest BCUT2D eigenvalue weighted by Gasteiger charge is -2.07. The summed E-state index contributed by atoms with van der Waals surface area (Å²) in [6, 6.07) is 14.5. The van der Waals surface area contributed by atoms with Crippen molar-refractivity contribution in [1.29, 1.82) is 0 Å². The Kier molecular flexibility index (Phi) is 2.82. The summed E-state index contributed by atoms with van der Waals surface area (Å²) in [6.45, 7) is 0.577. The van der Waals surface area contributed by atoms with Crippen LogP contribution in [0.2, 0.25) is 0 Å². The van der Waals surface area contributed by atoms with Crippen molar-refractivity contribution in [2.75, 3.05) is 0 Å². The van der Waals surface area contributed by atoms with E-state index >= 15 is 0 Å². The third kappa shape index (κ3) is 1.79. The normalized spacial score (nSPS) is 11.8. The largest absolute Gasteiger partial charge is 0.330 e. The number of rotatable bonds is 4. The van der Waals surface area contributed by atoms with Crippen LogP contribution in [0.15, 0.2) is 42.5 Å². The molecular formula is C15H12O3. The zero-order valence-corrected chi connectivity index (χ0v) is 9.76. The van der Waals surface area contributed by atoms with Gasteiger partial charge in [-0.3, -0.25) is 4.79 Å². The molecule has 18 heavy (non-hydrogen) atoms. The number of benzene rings is 2. The van der Waals surface area contributed by atoms with Gasteiger partial charge in [-0.25, -0.2) is 0 Å². The molecule has 0 N–H and O–H groups in total. The van der Waals surface area contributed by atoms with E-state index in [1.54, 1.807) is 0 Å². The Morgan fingerprint density at radius 1 is 1.06 bits per heavy atom. The number of carbonyl (C=O) groups excluding carboxylic acids is 1. The van der Waals surface area contributed by atoms with E-state index in [1.807, 2.05) is 18.2 Å².